The van der Waals surface area contributed by atoms with Crippen LogP contribution >= 0.6 is 0 Å². The summed E-state index contributed by atoms with van der Waals surface area (Å²) >= 11 is 0. The van der Waals surface area contributed by atoms with Gasteiger partial charge in [0, 0.05) is 18.8 Å². The van der Waals surface area contributed by atoms with E-state index in [4.69, 9.17) is 38.9 Å². The maximum absolute atomic E-state index is 9.08. The van der Waals surface area contributed by atoms with E-state index in [1.165, 1.54) is 0 Å². The van der Waals surface area contributed by atoms with Crippen LogP contribution in [0, 0.1) is 0 Å². The molecular formula is C3H9AgCuO9S3. The topological polar surface area (TPSA) is 172 Å². The van der Waals surface area contributed by atoms with Gasteiger partial charge in [-0.2, -0.15) is 0 Å². The second-order valence-electron chi connectivity index (χ2n) is 2.11. The molecule has 0 fully saturated rings. The summed E-state index contributed by atoms with van der Waals surface area (Å²) in [5, 5.41) is 0. The molecule has 1 radical (unpaired) electrons. The Morgan fingerprint density at radius 3 is 0.588 bits per heavy atom. The fourth-order valence-electron chi connectivity index (χ4n) is 0. The quantitative estimate of drug-likeness (QED) is 0.281. The van der Waals surface area contributed by atoms with Crippen LogP contribution in [0.25, 0.3) is 0 Å². The molecule has 0 unspecified atom stereocenters. The van der Waals surface area contributed by atoms with Gasteiger partial charge in [0.1, 0.15) is 0 Å². The zero-order valence-electron chi connectivity index (χ0n) is 8.50. The molecule has 0 aliphatic heterocycles. The molecule has 0 saturated carbocycles. The molecule has 0 aromatic rings. The molecule has 0 aromatic carbocycles. The largest absolute Gasteiger partial charge is 2.00 e. The summed E-state index contributed by atoms with van der Waals surface area (Å²) in [6.45, 7) is 0. The van der Waals surface area contributed by atoms with Crippen molar-refractivity contribution in [2.45, 2.75) is 0 Å². The maximum atomic E-state index is 9.08. The third kappa shape index (κ3) is 3900. The van der Waals surface area contributed by atoms with Gasteiger partial charge < -0.3 is 13.7 Å². The van der Waals surface area contributed by atoms with Crippen molar-refractivity contribution in [2.75, 3.05) is 18.8 Å². The average molecular weight is 457 g/mol. The van der Waals surface area contributed by atoms with Crippen molar-refractivity contribution in [3.8, 4) is 0 Å². The van der Waals surface area contributed by atoms with Gasteiger partial charge >= 0.3 is 39.4 Å². The predicted octanol–water partition coefficient (Wildman–Crippen LogP) is -2.52. The van der Waals surface area contributed by atoms with Gasteiger partial charge in [0.25, 0.3) is 0 Å². The minimum Gasteiger partial charge on any atom is -0.748 e. The van der Waals surface area contributed by atoms with E-state index in [2.05, 4.69) is 0 Å². The smallest absolute Gasteiger partial charge is 0.748 e. The van der Waals surface area contributed by atoms with Crippen LogP contribution in [0.15, 0.2) is 0 Å². The third-order valence-electron chi connectivity index (χ3n) is 0. The van der Waals surface area contributed by atoms with E-state index in [-0.39, 0.29) is 39.4 Å². The Kier molecular flexibility index (Phi) is 21.8. The van der Waals surface area contributed by atoms with Gasteiger partial charge in [0.15, 0.2) is 0 Å². The first-order chi connectivity index (χ1) is 6.00. The van der Waals surface area contributed by atoms with Crippen molar-refractivity contribution < 1.29 is 78.4 Å². The first-order valence-corrected chi connectivity index (χ1v) is 8.17. The molecule has 115 valence electrons. The molecule has 17 heavy (non-hydrogen) atoms. The molecular weight excluding hydrogens is 448 g/mol. The molecule has 0 bridgehead atoms. The Morgan fingerprint density at radius 2 is 0.588 bits per heavy atom. The van der Waals surface area contributed by atoms with Crippen LogP contribution in [0.3, 0.4) is 0 Å². The molecule has 0 aliphatic carbocycles. The zero-order valence-corrected chi connectivity index (χ0v) is 13.4. The molecule has 0 spiro atoms. The monoisotopic (exact) mass is 455 g/mol. The van der Waals surface area contributed by atoms with Crippen LogP contribution in [0.5, 0.6) is 0 Å². The molecule has 0 aliphatic rings. The molecule has 14 heteroatoms. The average Bonchev–Trinajstić information content (AvgIpc) is 1.41. The van der Waals surface area contributed by atoms with Crippen molar-refractivity contribution in [1.29, 1.82) is 0 Å². The summed E-state index contributed by atoms with van der Waals surface area (Å²) in [5.74, 6) is 0. The van der Waals surface area contributed by atoms with E-state index in [0.717, 1.165) is 0 Å². The standard InChI is InChI=1S/3CH4O3S.Ag.Cu/c3*1-5(2,3)4;;/h3*1H3,(H,2,3,4);;/q;;;+1;+2/p-3. The molecule has 0 saturated heterocycles. The minimum absolute atomic E-state index is 0. The second-order valence-corrected chi connectivity index (χ2v) is 6.34. The van der Waals surface area contributed by atoms with Gasteiger partial charge in [0.2, 0.25) is 0 Å². The molecule has 0 N–H and O–H groups in total. The van der Waals surface area contributed by atoms with E-state index in [0.29, 0.717) is 18.8 Å². The third-order valence-corrected chi connectivity index (χ3v) is 0. The minimum atomic E-state index is -3.92. The Balaban J connectivity index is -0.0000000400. The Morgan fingerprint density at radius 1 is 0.588 bits per heavy atom. The zero-order chi connectivity index (χ0) is 13.5. The summed E-state index contributed by atoms with van der Waals surface area (Å²) in [4.78, 5) is 0. The molecule has 0 aromatic heterocycles. The van der Waals surface area contributed by atoms with E-state index in [1.54, 1.807) is 0 Å². The summed E-state index contributed by atoms with van der Waals surface area (Å²) in [7, 11) is -11.8. The molecule has 0 heterocycles. The van der Waals surface area contributed by atoms with Crippen LogP contribution in [0.4, 0.5) is 0 Å². The Hall–Kier alpha value is 0.990. The van der Waals surface area contributed by atoms with E-state index in [1.807, 2.05) is 0 Å². The van der Waals surface area contributed by atoms with Crippen LogP contribution in [-0.4, -0.2) is 57.7 Å². The summed E-state index contributed by atoms with van der Waals surface area (Å²) in [5.41, 5.74) is 0. The fourth-order valence-corrected chi connectivity index (χ4v) is 0. The van der Waals surface area contributed by atoms with Gasteiger partial charge in [0.05, 0.1) is 30.4 Å². The summed E-state index contributed by atoms with van der Waals surface area (Å²) < 4.78 is 81.7. The fraction of sp³-hybridized carbons (Fsp3) is 1.00. The number of hydrogen-bond acceptors (Lipinski definition) is 9. The predicted molar refractivity (Wildman–Crippen MR) is 46.9 cm³/mol. The van der Waals surface area contributed by atoms with Crippen LogP contribution in [0.1, 0.15) is 0 Å². The SMILES string of the molecule is CS(=O)(=O)[O-].CS(=O)(=O)[O-].CS(=O)(=O)[O-].[Ag+].[Cu+2]. The maximum Gasteiger partial charge on any atom is 2.00 e. The van der Waals surface area contributed by atoms with Crippen molar-refractivity contribution in [1.82, 2.24) is 0 Å². The van der Waals surface area contributed by atoms with Gasteiger partial charge in [-0.3, -0.25) is 0 Å². The van der Waals surface area contributed by atoms with Crippen LogP contribution in [-0.2, 0) is 69.8 Å². The molecule has 0 amide bonds. The van der Waals surface area contributed by atoms with Gasteiger partial charge in [-0.1, -0.05) is 0 Å². The van der Waals surface area contributed by atoms with Crippen molar-refractivity contribution >= 4 is 30.4 Å². The summed E-state index contributed by atoms with van der Waals surface area (Å²) in [6, 6.07) is 0. The van der Waals surface area contributed by atoms with E-state index in [9.17, 15) is 0 Å². The molecule has 0 rings (SSSR count). The number of hydrogen-bond donors (Lipinski definition) is 0. The molecule has 9 nitrogen and oxygen atoms in total. The van der Waals surface area contributed by atoms with Gasteiger partial charge in [-0.25, -0.2) is 25.3 Å². The van der Waals surface area contributed by atoms with Gasteiger partial charge in [-0.05, 0) is 0 Å². The first kappa shape index (κ1) is 30.8. The van der Waals surface area contributed by atoms with Crippen molar-refractivity contribution in [3.63, 3.8) is 0 Å². The first-order valence-electron chi connectivity index (χ1n) is 2.72. The van der Waals surface area contributed by atoms with E-state index < -0.39 is 30.4 Å². The van der Waals surface area contributed by atoms with Crippen molar-refractivity contribution in [2.24, 2.45) is 0 Å². The van der Waals surface area contributed by atoms with Crippen LogP contribution < -0.4 is 0 Å². The van der Waals surface area contributed by atoms with Gasteiger partial charge in [-0.15, -0.1) is 0 Å². The van der Waals surface area contributed by atoms with Crippen LogP contribution in [0.2, 0.25) is 0 Å². The normalized spacial score (nSPS) is 10.2. The second kappa shape index (κ2) is 12.0. The van der Waals surface area contributed by atoms with Crippen molar-refractivity contribution in [3.05, 3.63) is 0 Å². The molecule has 0 atom stereocenters. The number of rotatable bonds is 0. The summed E-state index contributed by atoms with van der Waals surface area (Å²) in [6.07, 6.45) is 1.81. The van der Waals surface area contributed by atoms with E-state index >= 15 is 0 Å². The Bertz CT molecular complexity index is 352. The Labute approximate surface area is 127 Å².